The molecule has 5 heteroatoms. The van der Waals surface area contributed by atoms with Gasteiger partial charge in [-0.1, -0.05) is 0 Å². The first-order valence-electron chi connectivity index (χ1n) is 3.48. The van der Waals surface area contributed by atoms with Gasteiger partial charge in [-0.3, -0.25) is 9.59 Å². The lowest BCUT2D eigenvalue weighted by atomic mass is 10.1. The van der Waals surface area contributed by atoms with Crippen molar-refractivity contribution in [2.75, 3.05) is 6.61 Å². The third-order valence-electron chi connectivity index (χ3n) is 1.30. The third kappa shape index (κ3) is 3.56. The Morgan fingerprint density at radius 3 is 2.17 bits per heavy atom. The predicted octanol–water partition coefficient (Wildman–Crippen LogP) is -1.75. The van der Waals surface area contributed by atoms with Crippen LogP contribution in [0.5, 0.6) is 0 Å². The van der Waals surface area contributed by atoms with Gasteiger partial charge < -0.3 is 15.3 Å². The van der Waals surface area contributed by atoms with Crippen molar-refractivity contribution in [3.05, 3.63) is 0 Å². The highest BCUT2D eigenvalue weighted by Crippen LogP contribution is 1.98. The van der Waals surface area contributed by atoms with Crippen LogP contribution in [0.2, 0.25) is 0 Å². The molecule has 0 saturated carbocycles. The van der Waals surface area contributed by atoms with Crippen molar-refractivity contribution in [3.8, 4) is 0 Å². The Labute approximate surface area is 69.6 Å². The number of hydrogen-bond donors (Lipinski definition) is 3. The van der Waals surface area contributed by atoms with Crippen LogP contribution in [0.4, 0.5) is 0 Å². The Bertz CT molecular complexity index is 177. The summed E-state index contributed by atoms with van der Waals surface area (Å²) < 4.78 is 0. The lowest BCUT2D eigenvalue weighted by molar-refractivity contribution is -0.137. The van der Waals surface area contributed by atoms with Crippen LogP contribution in [0.1, 0.15) is 13.3 Å². The van der Waals surface area contributed by atoms with E-state index in [9.17, 15) is 9.59 Å². The Morgan fingerprint density at radius 2 is 1.83 bits per heavy atom. The minimum absolute atomic E-state index is 0.385. The van der Waals surface area contributed by atoms with Gasteiger partial charge in [-0.15, -0.1) is 0 Å². The zero-order valence-electron chi connectivity index (χ0n) is 6.73. The molecule has 0 saturated heterocycles. The van der Waals surface area contributed by atoms with E-state index in [0.29, 0.717) is 0 Å². The maximum Gasteiger partial charge on any atom is 0.171 e. The molecule has 0 aromatic carbocycles. The van der Waals surface area contributed by atoms with E-state index in [0.717, 1.165) is 0 Å². The number of carbonyl (C=O) groups is 2. The van der Waals surface area contributed by atoms with E-state index in [-0.39, 0.29) is 5.78 Å². The highest BCUT2D eigenvalue weighted by molar-refractivity contribution is 6.00. The minimum Gasteiger partial charge on any atom is -0.394 e. The van der Waals surface area contributed by atoms with Gasteiger partial charge in [0.1, 0.15) is 18.0 Å². The Morgan fingerprint density at radius 1 is 1.33 bits per heavy atom. The van der Waals surface area contributed by atoms with Crippen molar-refractivity contribution < 1.29 is 24.9 Å². The highest BCUT2D eigenvalue weighted by Gasteiger charge is 2.23. The summed E-state index contributed by atoms with van der Waals surface area (Å²) in [5.74, 6) is -1.16. The molecule has 70 valence electrons. The summed E-state index contributed by atoms with van der Waals surface area (Å²) in [5, 5.41) is 26.0. The average molecular weight is 176 g/mol. The maximum absolute atomic E-state index is 10.8. The number of hydrogen-bond acceptors (Lipinski definition) is 5. The molecule has 0 heterocycles. The molecule has 0 rings (SSSR count). The van der Waals surface area contributed by atoms with Crippen LogP contribution in [-0.2, 0) is 9.59 Å². The molecule has 0 radical (unpaired) electrons. The summed E-state index contributed by atoms with van der Waals surface area (Å²) in [6.45, 7) is 0.501. The van der Waals surface area contributed by atoms with Crippen molar-refractivity contribution in [2.24, 2.45) is 0 Å². The Balaban J connectivity index is 4.01. The van der Waals surface area contributed by atoms with Crippen molar-refractivity contribution in [2.45, 2.75) is 25.6 Å². The molecule has 0 aliphatic heterocycles. The molecule has 0 bridgehead atoms. The molecule has 0 aromatic rings. The molecular formula is C7H12O5. The van der Waals surface area contributed by atoms with E-state index < -0.39 is 31.0 Å². The first-order valence-corrected chi connectivity index (χ1v) is 3.48. The second-order valence-electron chi connectivity index (χ2n) is 2.54. The number of rotatable bonds is 5. The summed E-state index contributed by atoms with van der Waals surface area (Å²) in [6, 6.07) is 0. The molecule has 2 unspecified atom stereocenters. The first-order chi connectivity index (χ1) is 5.49. The molecular weight excluding hydrogens is 164 g/mol. The quantitative estimate of drug-likeness (QED) is 0.432. The molecule has 5 nitrogen and oxygen atoms in total. The number of carbonyl (C=O) groups excluding carboxylic acids is 2. The minimum atomic E-state index is -1.67. The summed E-state index contributed by atoms with van der Waals surface area (Å²) in [5.41, 5.74) is 0. The smallest absolute Gasteiger partial charge is 0.171 e. The van der Waals surface area contributed by atoms with Crippen LogP contribution in [0, 0.1) is 0 Å². The van der Waals surface area contributed by atoms with Crippen LogP contribution >= 0.6 is 0 Å². The molecule has 0 spiro atoms. The van der Waals surface area contributed by atoms with Crippen LogP contribution < -0.4 is 0 Å². The molecule has 0 fully saturated rings. The fraction of sp³-hybridized carbons (Fsp3) is 0.714. The molecule has 0 amide bonds. The molecule has 2 atom stereocenters. The van der Waals surface area contributed by atoms with Gasteiger partial charge in [0.15, 0.2) is 5.78 Å². The van der Waals surface area contributed by atoms with Crippen LogP contribution in [0.25, 0.3) is 0 Å². The largest absolute Gasteiger partial charge is 0.394 e. The standard InChI is InChI=1S/C7H12O5/c1-4(9)2-5(10)7(12)6(11)3-8/h6-8,11-12H,2-3H2,1H3. The van der Waals surface area contributed by atoms with Crippen LogP contribution in [0.3, 0.4) is 0 Å². The topological polar surface area (TPSA) is 94.8 Å². The fourth-order valence-corrected chi connectivity index (χ4v) is 0.664. The normalized spacial score (nSPS) is 15.3. The number of Topliss-reactive ketones (excluding diaryl/α,β-unsaturated/α-hetero) is 2. The van der Waals surface area contributed by atoms with E-state index in [4.69, 9.17) is 15.3 Å². The lowest BCUT2D eigenvalue weighted by Crippen LogP contribution is -2.37. The predicted molar refractivity (Wildman–Crippen MR) is 39.4 cm³/mol. The fourth-order valence-electron chi connectivity index (χ4n) is 0.664. The van der Waals surface area contributed by atoms with Crippen molar-refractivity contribution >= 4 is 11.6 Å². The number of aliphatic hydroxyl groups excluding tert-OH is 3. The van der Waals surface area contributed by atoms with Crippen molar-refractivity contribution in [1.29, 1.82) is 0 Å². The van der Waals surface area contributed by atoms with Crippen LogP contribution in [0.15, 0.2) is 0 Å². The maximum atomic E-state index is 10.8. The SMILES string of the molecule is CC(=O)CC(=O)C(O)C(O)CO. The Hall–Kier alpha value is -0.780. The second-order valence-corrected chi connectivity index (χ2v) is 2.54. The monoisotopic (exact) mass is 176 g/mol. The van der Waals surface area contributed by atoms with E-state index >= 15 is 0 Å². The highest BCUT2D eigenvalue weighted by atomic mass is 16.4. The molecule has 12 heavy (non-hydrogen) atoms. The summed E-state index contributed by atoms with van der Waals surface area (Å²) in [7, 11) is 0. The number of aliphatic hydroxyl groups is 3. The van der Waals surface area contributed by atoms with Gasteiger partial charge in [0.25, 0.3) is 0 Å². The second kappa shape index (κ2) is 4.97. The third-order valence-corrected chi connectivity index (χ3v) is 1.30. The zero-order chi connectivity index (χ0) is 9.72. The molecule has 0 aromatic heterocycles. The van der Waals surface area contributed by atoms with Crippen LogP contribution in [-0.4, -0.2) is 45.7 Å². The van der Waals surface area contributed by atoms with E-state index in [2.05, 4.69) is 0 Å². The Kier molecular flexibility index (Phi) is 4.65. The summed E-state index contributed by atoms with van der Waals surface area (Å²) in [6.07, 6.45) is -3.59. The zero-order valence-corrected chi connectivity index (χ0v) is 6.73. The molecule has 0 aliphatic rings. The van der Waals surface area contributed by atoms with Gasteiger partial charge in [0.05, 0.1) is 13.0 Å². The average Bonchev–Trinajstić information content (AvgIpc) is 2.00. The number of ketones is 2. The van der Waals surface area contributed by atoms with Gasteiger partial charge in [-0.25, -0.2) is 0 Å². The molecule has 0 aliphatic carbocycles. The van der Waals surface area contributed by atoms with Gasteiger partial charge >= 0.3 is 0 Å². The van der Waals surface area contributed by atoms with Gasteiger partial charge in [0.2, 0.25) is 0 Å². The van der Waals surface area contributed by atoms with Crippen molar-refractivity contribution in [3.63, 3.8) is 0 Å². The van der Waals surface area contributed by atoms with Gasteiger partial charge in [0, 0.05) is 0 Å². The summed E-state index contributed by atoms with van der Waals surface area (Å²) >= 11 is 0. The van der Waals surface area contributed by atoms with E-state index in [1.807, 2.05) is 0 Å². The van der Waals surface area contributed by atoms with Gasteiger partial charge in [-0.05, 0) is 6.92 Å². The van der Waals surface area contributed by atoms with E-state index in [1.54, 1.807) is 0 Å². The molecule has 3 N–H and O–H groups in total. The first kappa shape index (κ1) is 11.2. The van der Waals surface area contributed by atoms with Crippen molar-refractivity contribution in [1.82, 2.24) is 0 Å². The summed E-state index contributed by atoms with van der Waals surface area (Å²) in [4.78, 5) is 21.2. The van der Waals surface area contributed by atoms with Gasteiger partial charge in [-0.2, -0.15) is 0 Å². The lowest BCUT2D eigenvalue weighted by Gasteiger charge is -2.12. The van der Waals surface area contributed by atoms with E-state index in [1.165, 1.54) is 6.92 Å².